The van der Waals surface area contributed by atoms with Crippen LogP contribution in [0.4, 0.5) is 18.9 Å². The zero-order valence-corrected chi connectivity index (χ0v) is 16.0. The SMILES string of the molecule is CCOc1ccc(N2C[C@@H](C(=O)N(CC(F)(F)F)[C@@H](C)C3CC3)CC2=O)cc1. The lowest BCUT2D eigenvalue weighted by atomic mass is 10.0. The predicted molar refractivity (Wildman–Crippen MR) is 98.0 cm³/mol. The van der Waals surface area contributed by atoms with Gasteiger partial charge in [0.2, 0.25) is 11.8 Å². The summed E-state index contributed by atoms with van der Waals surface area (Å²) in [6.07, 6.45) is -2.86. The highest BCUT2D eigenvalue weighted by molar-refractivity contribution is 6.00. The number of anilines is 1. The molecule has 2 fully saturated rings. The van der Waals surface area contributed by atoms with Crippen molar-refractivity contribution in [3.8, 4) is 5.75 Å². The number of benzene rings is 1. The summed E-state index contributed by atoms with van der Waals surface area (Å²) in [6, 6.07) is 6.42. The van der Waals surface area contributed by atoms with Crippen LogP contribution in [0.15, 0.2) is 24.3 Å². The van der Waals surface area contributed by atoms with E-state index in [0.29, 0.717) is 18.0 Å². The van der Waals surface area contributed by atoms with Crippen molar-refractivity contribution in [1.29, 1.82) is 0 Å². The Balaban J connectivity index is 1.72. The number of hydrogen-bond donors (Lipinski definition) is 0. The molecule has 154 valence electrons. The Morgan fingerprint density at radius 2 is 1.93 bits per heavy atom. The van der Waals surface area contributed by atoms with E-state index in [-0.39, 0.29) is 24.8 Å². The Morgan fingerprint density at radius 1 is 1.29 bits per heavy atom. The molecule has 8 heteroatoms. The van der Waals surface area contributed by atoms with Crippen LogP contribution in [0.1, 0.15) is 33.1 Å². The van der Waals surface area contributed by atoms with Crippen molar-refractivity contribution in [1.82, 2.24) is 4.90 Å². The van der Waals surface area contributed by atoms with Gasteiger partial charge in [-0.15, -0.1) is 0 Å². The first-order chi connectivity index (χ1) is 13.2. The van der Waals surface area contributed by atoms with Gasteiger partial charge in [-0.3, -0.25) is 9.59 Å². The number of nitrogens with zero attached hydrogens (tertiary/aromatic N) is 2. The standard InChI is InChI=1S/C20H25F3N2O3/c1-3-28-17-8-6-16(7-9-17)24-11-15(10-18(24)26)19(27)25(12-20(21,22)23)13(2)14-4-5-14/h6-9,13-15H,3-5,10-12H2,1-2H3/t13-,15-/m0/s1. The topological polar surface area (TPSA) is 49.9 Å². The summed E-state index contributed by atoms with van der Waals surface area (Å²) in [5.74, 6) is -0.819. The van der Waals surface area contributed by atoms with Crippen molar-refractivity contribution in [2.45, 2.75) is 45.3 Å². The molecule has 1 aliphatic heterocycles. The van der Waals surface area contributed by atoms with E-state index in [2.05, 4.69) is 0 Å². The third-order valence-electron chi connectivity index (χ3n) is 5.36. The van der Waals surface area contributed by atoms with E-state index in [0.717, 1.165) is 17.7 Å². The smallest absolute Gasteiger partial charge is 0.406 e. The highest BCUT2D eigenvalue weighted by Gasteiger charge is 2.44. The third kappa shape index (κ3) is 4.77. The lowest BCUT2D eigenvalue weighted by Crippen LogP contribution is -2.48. The second kappa shape index (κ2) is 8.01. The zero-order valence-electron chi connectivity index (χ0n) is 16.0. The second-order valence-electron chi connectivity index (χ2n) is 7.49. The average Bonchev–Trinajstić information content (AvgIpc) is 3.41. The molecular weight excluding hydrogens is 373 g/mol. The van der Waals surface area contributed by atoms with Gasteiger partial charge in [-0.25, -0.2) is 0 Å². The van der Waals surface area contributed by atoms with Crippen molar-refractivity contribution in [3.05, 3.63) is 24.3 Å². The minimum atomic E-state index is -4.46. The molecule has 1 aromatic rings. The number of amides is 2. The van der Waals surface area contributed by atoms with Crippen LogP contribution in [0.2, 0.25) is 0 Å². The molecule has 1 heterocycles. The molecule has 1 aromatic carbocycles. The fraction of sp³-hybridized carbons (Fsp3) is 0.600. The van der Waals surface area contributed by atoms with E-state index in [1.807, 2.05) is 6.92 Å². The molecule has 1 saturated carbocycles. The summed E-state index contributed by atoms with van der Waals surface area (Å²) >= 11 is 0. The first-order valence-electron chi connectivity index (χ1n) is 9.60. The lowest BCUT2D eigenvalue weighted by Gasteiger charge is -2.32. The van der Waals surface area contributed by atoms with Crippen molar-refractivity contribution in [2.75, 3.05) is 24.6 Å². The summed E-state index contributed by atoms with van der Waals surface area (Å²) in [6.45, 7) is 2.88. The molecule has 0 aromatic heterocycles. The molecule has 0 bridgehead atoms. The van der Waals surface area contributed by atoms with Crippen LogP contribution in [0, 0.1) is 11.8 Å². The summed E-state index contributed by atoms with van der Waals surface area (Å²) in [5.41, 5.74) is 0.612. The number of rotatable bonds is 7. The largest absolute Gasteiger partial charge is 0.494 e. The first kappa shape index (κ1) is 20.5. The fourth-order valence-corrected chi connectivity index (χ4v) is 3.69. The van der Waals surface area contributed by atoms with Crippen molar-refractivity contribution in [2.24, 2.45) is 11.8 Å². The number of carbonyl (C=O) groups is 2. The molecule has 1 saturated heterocycles. The number of hydrogen-bond acceptors (Lipinski definition) is 3. The van der Waals surface area contributed by atoms with E-state index < -0.39 is 30.6 Å². The zero-order chi connectivity index (χ0) is 20.5. The lowest BCUT2D eigenvalue weighted by molar-refractivity contribution is -0.168. The van der Waals surface area contributed by atoms with Gasteiger partial charge in [-0.2, -0.15) is 13.2 Å². The molecule has 0 unspecified atom stereocenters. The summed E-state index contributed by atoms with van der Waals surface area (Å²) in [7, 11) is 0. The van der Waals surface area contributed by atoms with Gasteiger partial charge in [0, 0.05) is 24.7 Å². The van der Waals surface area contributed by atoms with Gasteiger partial charge in [-0.1, -0.05) is 0 Å². The monoisotopic (exact) mass is 398 g/mol. The predicted octanol–water partition coefficient (Wildman–Crippen LogP) is 3.63. The van der Waals surface area contributed by atoms with Gasteiger partial charge in [0.1, 0.15) is 12.3 Å². The highest BCUT2D eigenvalue weighted by Crippen LogP contribution is 2.37. The molecule has 2 aliphatic rings. The number of carbonyl (C=O) groups excluding carboxylic acids is 2. The number of halogens is 3. The van der Waals surface area contributed by atoms with Crippen LogP contribution in [-0.2, 0) is 9.59 Å². The molecule has 0 radical (unpaired) electrons. The maximum atomic E-state index is 13.0. The molecule has 2 amide bonds. The molecule has 5 nitrogen and oxygen atoms in total. The maximum absolute atomic E-state index is 13.0. The second-order valence-corrected chi connectivity index (χ2v) is 7.49. The Bertz CT molecular complexity index is 716. The molecule has 2 atom stereocenters. The third-order valence-corrected chi connectivity index (χ3v) is 5.36. The van der Waals surface area contributed by atoms with Crippen LogP contribution >= 0.6 is 0 Å². The Kier molecular flexibility index (Phi) is 5.86. The molecule has 28 heavy (non-hydrogen) atoms. The van der Waals surface area contributed by atoms with Crippen molar-refractivity contribution in [3.63, 3.8) is 0 Å². The average molecular weight is 398 g/mol. The van der Waals surface area contributed by atoms with Gasteiger partial charge >= 0.3 is 6.18 Å². The van der Waals surface area contributed by atoms with E-state index in [9.17, 15) is 22.8 Å². The highest BCUT2D eigenvalue weighted by atomic mass is 19.4. The Hall–Kier alpha value is -2.25. The van der Waals surface area contributed by atoms with Gasteiger partial charge in [-0.05, 0) is 56.9 Å². The van der Waals surface area contributed by atoms with Gasteiger partial charge in [0.15, 0.2) is 0 Å². The molecule has 1 aliphatic carbocycles. The van der Waals surface area contributed by atoms with Crippen LogP contribution < -0.4 is 9.64 Å². The number of alkyl halides is 3. The Labute approximate surface area is 162 Å². The minimum absolute atomic E-state index is 0.0716. The van der Waals surface area contributed by atoms with E-state index in [1.54, 1.807) is 31.2 Å². The van der Waals surface area contributed by atoms with Crippen LogP contribution in [0.3, 0.4) is 0 Å². The summed E-state index contributed by atoms with van der Waals surface area (Å²) in [4.78, 5) is 27.7. The van der Waals surface area contributed by atoms with Crippen LogP contribution in [0.5, 0.6) is 5.75 Å². The van der Waals surface area contributed by atoms with Gasteiger partial charge < -0.3 is 14.5 Å². The Morgan fingerprint density at radius 3 is 2.46 bits per heavy atom. The summed E-state index contributed by atoms with van der Waals surface area (Å²) in [5, 5.41) is 0. The molecule has 3 rings (SSSR count). The summed E-state index contributed by atoms with van der Waals surface area (Å²) < 4.78 is 44.5. The quantitative estimate of drug-likeness (QED) is 0.705. The van der Waals surface area contributed by atoms with E-state index in [1.165, 1.54) is 4.90 Å². The van der Waals surface area contributed by atoms with E-state index >= 15 is 0 Å². The van der Waals surface area contributed by atoms with Gasteiger partial charge in [0.25, 0.3) is 0 Å². The molecule has 0 spiro atoms. The van der Waals surface area contributed by atoms with Crippen LogP contribution in [0.25, 0.3) is 0 Å². The van der Waals surface area contributed by atoms with Crippen LogP contribution in [-0.4, -0.2) is 48.6 Å². The van der Waals surface area contributed by atoms with Crippen molar-refractivity contribution < 1.29 is 27.5 Å². The number of ether oxygens (including phenoxy) is 1. The van der Waals surface area contributed by atoms with E-state index in [4.69, 9.17) is 4.74 Å². The molecule has 0 N–H and O–H groups in total. The minimum Gasteiger partial charge on any atom is -0.494 e. The normalized spacial score (nSPS) is 21.0. The fourth-order valence-electron chi connectivity index (χ4n) is 3.69. The maximum Gasteiger partial charge on any atom is 0.406 e. The first-order valence-corrected chi connectivity index (χ1v) is 9.60. The van der Waals surface area contributed by atoms with Crippen molar-refractivity contribution >= 4 is 17.5 Å². The van der Waals surface area contributed by atoms with Gasteiger partial charge in [0.05, 0.1) is 12.5 Å². The molecular formula is C20H25F3N2O3.